The lowest BCUT2D eigenvalue weighted by atomic mass is 10.2. The third-order valence-corrected chi connectivity index (χ3v) is 2.93. The molecule has 0 unspecified atom stereocenters. The first-order valence-corrected chi connectivity index (χ1v) is 6.01. The Morgan fingerprint density at radius 1 is 1.44 bits per heavy atom. The molecule has 0 bridgehead atoms. The summed E-state index contributed by atoms with van der Waals surface area (Å²) in [6, 6.07) is 5.43. The number of morpholine rings is 1. The molecule has 1 aliphatic rings. The van der Waals surface area contributed by atoms with Gasteiger partial charge < -0.3 is 20.1 Å². The molecule has 0 aliphatic carbocycles. The van der Waals surface area contributed by atoms with Crippen molar-refractivity contribution in [1.29, 1.82) is 0 Å². The molecular weight excluding hydrogens is 232 g/mol. The predicted molar refractivity (Wildman–Crippen MR) is 68.5 cm³/mol. The summed E-state index contributed by atoms with van der Waals surface area (Å²) in [4.78, 5) is 13.6. The number of nitrogen functional groups attached to an aromatic ring is 1. The van der Waals surface area contributed by atoms with Crippen LogP contribution in [0.2, 0.25) is 0 Å². The molecule has 1 heterocycles. The molecule has 1 aliphatic heterocycles. The fourth-order valence-corrected chi connectivity index (χ4v) is 1.82. The highest BCUT2D eigenvalue weighted by atomic mass is 16.5. The Labute approximate surface area is 106 Å². The number of anilines is 1. The second-order valence-corrected chi connectivity index (χ2v) is 4.31. The number of amides is 1. The molecule has 18 heavy (non-hydrogen) atoms. The Bertz CT molecular complexity index is 428. The molecular formula is C13H18N2O3. The van der Waals surface area contributed by atoms with Gasteiger partial charge in [0.15, 0.2) is 6.61 Å². The highest BCUT2D eigenvalue weighted by molar-refractivity contribution is 5.78. The van der Waals surface area contributed by atoms with E-state index in [1.54, 1.807) is 11.0 Å². The van der Waals surface area contributed by atoms with Crippen molar-refractivity contribution in [2.45, 2.75) is 6.92 Å². The van der Waals surface area contributed by atoms with E-state index in [0.717, 1.165) is 5.56 Å². The Kier molecular flexibility index (Phi) is 4.04. The van der Waals surface area contributed by atoms with E-state index in [4.69, 9.17) is 15.2 Å². The summed E-state index contributed by atoms with van der Waals surface area (Å²) in [5, 5.41) is 0. The fourth-order valence-electron chi connectivity index (χ4n) is 1.82. The molecule has 0 atom stereocenters. The zero-order valence-electron chi connectivity index (χ0n) is 10.5. The summed E-state index contributed by atoms with van der Waals surface area (Å²) in [7, 11) is 0. The maximum absolute atomic E-state index is 11.9. The van der Waals surface area contributed by atoms with Crippen molar-refractivity contribution >= 4 is 11.6 Å². The molecule has 0 radical (unpaired) electrons. The normalized spacial score (nSPS) is 15.5. The van der Waals surface area contributed by atoms with Crippen molar-refractivity contribution in [3.05, 3.63) is 23.8 Å². The van der Waals surface area contributed by atoms with Gasteiger partial charge in [0.25, 0.3) is 5.91 Å². The minimum Gasteiger partial charge on any atom is -0.483 e. The Morgan fingerprint density at radius 3 is 2.89 bits per heavy atom. The van der Waals surface area contributed by atoms with Gasteiger partial charge in [0, 0.05) is 24.8 Å². The predicted octanol–water partition coefficient (Wildman–Crippen LogP) is 0.815. The Balaban J connectivity index is 1.90. The van der Waals surface area contributed by atoms with Gasteiger partial charge in [-0.1, -0.05) is 6.07 Å². The van der Waals surface area contributed by atoms with E-state index in [1.165, 1.54) is 0 Å². The summed E-state index contributed by atoms with van der Waals surface area (Å²) in [5.41, 5.74) is 7.29. The van der Waals surface area contributed by atoms with Crippen molar-refractivity contribution in [2.24, 2.45) is 0 Å². The minimum atomic E-state index is -0.0138. The number of hydrogen-bond donors (Lipinski definition) is 1. The van der Waals surface area contributed by atoms with Crippen LogP contribution in [0.3, 0.4) is 0 Å². The molecule has 0 saturated carbocycles. The topological polar surface area (TPSA) is 64.8 Å². The second kappa shape index (κ2) is 5.73. The molecule has 2 rings (SSSR count). The van der Waals surface area contributed by atoms with Crippen LogP contribution in [-0.4, -0.2) is 43.7 Å². The van der Waals surface area contributed by atoms with Crippen molar-refractivity contribution < 1.29 is 14.3 Å². The zero-order valence-corrected chi connectivity index (χ0v) is 10.5. The molecule has 2 N–H and O–H groups in total. The number of rotatable bonds is 3. The van der Waals surface area contributed by atoms with E-state index in [9.17, 15) is 4.79 Å². The molecule has 1 saturated heterocycles. The lowest BCUT2D eigenvalue weighted by molar-refractivity contribution is -0.137. The molecule has 1 fully saturated rings. The highest BCUT2D eigenvalue weighted by Gasteiger charge is 2.17. The van der Waals surface area contributed by atoms with Gasteiger partial charge in [-0.2, -0.15) is 0 Å². The number of ether oxygens (including phenoxy) is 2. The number of carbonyl (C=O) groups is 1. The number of nitrogens with zero attached hydrogens (tertiary/aromatic N) is 1. The summed E-state index contributed by atoms with van der Waals surface area (Å²) < 4.78 is 10.7. The van der Waals surface area contributed by atoms with Crippen molar-refractivity contribution in [1.82, 2.24) is 4.90 Å². The van der Waals surface area contributed by atoms with Crippen molar-refractivity contribution in [3.63, 3.8) is 0 Å². The van der Waals surface area contributed by atoms with Crippen LogP contribution in [0.15, 0.2) is 18.2 Å². The summed E-state index contributed by atoms with van der Waals surface area (Å²) in [6.07, 6.45) is 0. The van der Waals surface area contributed by atoms with Crippen LogP contribution in [0.25, 0.3) is 0 Å². The van der Waals surface area contributed by atoms with Crippen molar-refractivity contribution in [2.75, 3.05) is 38.6 Å². The molecule has 1 aromatic rings. The zero-order chi connectivity index (χ0) is 13.0. The van der Waals surface area contributed by atoms with Gasteiger partial charge in [-0.3, -0.25) is 4.79 Å². The van der Waals surface area contributed by atoms with E-state index in [2.05, 4.69) is 0 Å². The molecule has 1 amide bonds. The smallest absolute Gasteiger partial charge is 0.260 e. The van der Waals surface area contributed by atoms with Crippen LogP contribution in [-0.2, 0) is 9.53 Å². The number of hydrogen-bond acceptors (Lipinski definition) is 4. The van der Waals surface area contributed by atoms with E-state index in [1.807, 2.05) is 19.1 Å². The Hall–Kier alpha value is -1.75. The lowest BCUT2D eigenvalue weighted by Crippen LogP contribution is -2.43. The fraction of sp³-hybridized carbons (Fsp3) is 0.462. The van der Waals surface area contributed by atoms with E-state index < -0.39 is 0 Å². The Morgan fingerprint density at radius 2 is 2.17 bits per heavy atom. The quantitative estimate of drug-likeness (QED) is 0.806. The second-order valence-electron chi connectivity index (χ2n) is 4.31. The summed E-state index contributed by atoms with van der Waals surface area (Å²) in [6.45, 7) is 4.45. The van der Waals surface area contributed by atoms with Gasteiger partial charge in [0.1, 0.15) is 5.75 Å². The summed E-state index contributed by atoms with van der Waals surface area (Å²) in [5.74, 6) is 0.650. The van der Waals surface area contributed by atoms with Gasteiger partial charge in [-0.25, -0.2) is 0 Å². The maximum Gasteiger partial charge on any atom is 0.260 e. The first kappa shape index (κ1) is 12.7. The molecule has 1 aromatic carbocycles. The van der Waals surface area contributed by atoms with Crippen LogP contribution in [0.4, 0.5) is 5.69 Å². The molecule has 98 valence electrons. The van der Waals surface area contributed by atoms with E-state index >= 15 is 0 Å². The third-order valence-electron chi connectivity index (χ3n) is 2.93. The SMILES string of the molecule is Cc1ccc(N)cc1OCC(=O)N1CCOCC1. The average Bonchev–Trinajstić information content (AvgIpc) is 2.40. The molecule has 0 spiro atoms. The third kappa shape index (κ3) is 3.13. The first-order chi connectivity index (χ1) is 8.66. The van der Waals surface area contributed by atoms with Crippen LogP contribution in [0, 0.1) is 6.92 Å². The van der Waals surface area contributed by atoms with Crippen LogP contribution in [0.5, 0.6) is 5.75 Å². The lowest BCUT2D eigenvalue weighted by Gasteiger charge is -2.26. The number of carbonyl (C=O) groups excluding carboxylic acids is 1. The van der Waals surface area contributed by atoms with Gasteiger partial charge >= 0.3 is 0 Å². The maximum atomic E-state index is 11.9. The highest BCUT2D eigenvalue weighted by Crippen LogP contribution is 2.20. The monoisotopic (exact) mass is 250 g/mol. The molecule has 5 nitrogen and oxygen atoms in total. The standard InChI is InChI=1S/C13H18N2O3/c1-10-2-3-11(14)8-12(10)18-9-13(16)15-4-6-17-7-5-15/h2-3,8H,4-7,9,14H2,1H3. The van der Waals surface area contributed by atoms with Crippen LogP contribution in [0.1, 0.15) is 5.56 Å². The van der Waals surface area contributed by atoms with Gasteiger partial charge in [0.05, 0.1) is 13.2 Å². The van der Waals surface area contributed by atoms with E-state index in [0.29, 0.717) is 37.7 Å². The number of benzene rings is 1. The minimum absolute atomic E-state index is 0.0138. The number of aryl methyl sites for hydroxylation is 1. The van der Waals surface area contributed by atoms with Gasteiger partial charge in [-0.05, 0) is 18.6 Å². The number of nitrogens with two attached hydrogens (primary N) is 1. The molecule has 0 aromatic heterocycles. The van der Waals surface area contributed by atoms with Crippen LogP contribution >= 0.6 is 0 Å². The summed E-state index contributed by atoms with van der Waals surface area (Å²) >= 11 is 0. The first-order valence-electron chi connectivity index (χ1n) is 6.01. The largest absolute Gasteiger partial charge is 0.483 e. The van der Waals surface area contributed by atoms with Gasteiger partial charge in [0.2, 0.25) is 0 Å². The average molecular weight is 250 g/mol. The van der Waals surface area contributed by atoms with Gasteiger partial charge in [-0.15, -0.1) is 0 Å². The molecule has 5 heteroatoms. The van der Waals surface area contributed by atoms with Crippen molar-refractivity contribution in [3.8, 4) is 5.75 Å². The van der Waals surface area contributed by atoms with Crippen LogP contribution < -0.4 is 10.5 Å². The van der Waals surface area contributed by atoms with E-state index in [-0.39, 0.29) is 12.5 Å².